The summed E-state index contributed by atoms with van der Waals surface area (Å²) >= 11 is 0. The highest BCUT2D eigenvalue weighted by Gasteiger charge is 2.08. The Morgan fingerprint density at radius 2 is 2.19 bits per heavy atom. The Kier molecular flexibility index (Phi) is 3.04. The number of fused-ring (bicyclic) bond motifs is 1. The van der Waals surface area contributed by atoms with Crippen LogP contribution in [0.15, 0.2) is 24.3 Å². The number of carbonyl (C=O) groups excluding carboxylic acids is 1. The molecule has 1 aromatic carbocycles. The quantitative estimate of drug-likeness (QED) is 0.735. The van der Waals surface area contributed by atoms with E-state index in [0.717, 1.165) is 36.0 Å². The van der Waals surface area contributed by atoms with Crippen LogP contribution in [0.25, 0.3) is 11.0 Å². The Morgan fingerprint density at radius 1 is 1.44 bits per heavy atom. The lowest BCUT2D eigenvalue weighted by Crippen LogP contribution is -2.03. The van der Waals surface area contributed by atoms with Crippen LogP contribution in [-0.2, 0) is 18.3 Å². The Balaban J connectivity index is 2.24. The molecular weight excluding hydrogens is 200 g/mol. The summed E-state index contributed by atoms with van der Waals surface area (Å²) in [4.78, 5) is 15.1. The number of carbonyl (C=O) groups is 1. The standard InChI is InChI=1S/C13H16N2O/c1-10(9-16)7-8-13-14-11-5-3-4-6-12(11)15(13)2/h3-6,9-10H,7-8H2,1-2H3. The van der Waals surface area contributed by atoms with Crippen LogP contribution in [0.1, 0.15) is 19.2 Å². The van der Waals surface area contributed by atoms with Crippen molar-refractivity contribution in [3.8, 4) is 0 Å². The highest BCUT2D eigenvalue weighted by molar-refractivity contribution is 5.75. The van der Waals surface area contributed by atoms with Crippen LogP contribution >= 0.6 is 0 Å². The van der Waals surface area contributed by atoms with Crippen LogP contribution < -0.4 is 0 Å². The number of benzene rings is 1. The van der Waals surface area contributed by atoms with Crippen LogP contribution in [0.4, 0.5) is 0 Å². The normalized spacial score (nSPS) is 12.9. The molecule has 3 nitrogen and oxygen atoms in total. The van der Waals surface area contributed by atoms with Gasteiger partial charge >= 0.3 is 0 Å². The van der Waals surface area contributed by atoms with Gasteiger partial charge in [-0.1, -0.05) is 19.1 Å². The molecule has 0 spiro atoms. The van der Waals surface area contributed by atoms with E-state index in [0.29, 0.717) is 0 Å². The Hall–Kier alpha value is -1.64. The zero-order chi connectivity index (χ0) is 11.5. The summed E-state index contributed by atoms with van der Waals surface area (Å²) in [7, 11) is 2.02. The third kappa shape index (κ3) is 1.98. The molecule has 0 fully saturated rings. The first kappa shape index (κ1) is 10.9. The van der Waals surface area contributed by atoms with Crippen LogP contribution in [0.2, 0.25) is 0 Å². The van der Waals surface area contributed by atoms with Gasteiger partial charge in [-0.2, -0.15) is 0 Å². The molecule has 0 saturated carbocycles. The zero-order valence-corrected chi connectivity index (χ0v) is 9.68. The first-order valence-corrected chi connectivity index (χ1v) is 5.58. The minimum absolute atomic E-state index is 0.111. The van der Waals surface area contributed by atoms with Gasteiger partial charge in [-0.25, -0.2) is 4.98 Å². The van der Waals surface area contributed by atoms with Crippen molar-refractivity contribution in [3.63, 3.8) is 0 Å². The number of nitrogens with zero attached hydrogens (tertiary/aromatic N) is 2. The molecular formula is C13H16N2O. The van der Waals surface area contributed by atoms with Gasteiger partial charge in [0.1, 0.15) is 12.1 Å². The lowest BCUT2D eigenvalue weighted by atomic mass is 10.1. The Morgan fingerprint density at radius 3 is 2.88 bits per heavy atom. The van der Waals surface area contributed by atoms with E-state index in [1.54, 1.807) is 0 Å². The first-order valence-electron chi connectivity index (χ1n) is 5.58. The second kappa shape index (κ2) is 4.47. The zero-order valence-electron chi connectivity index (χ0n) is 9.68. The molecule has 0 amide bonds. The number of aryl methyl sites for hydroxylation is 2. The van der Waals surface area contributed by atoms with Gasteiger partial charge in [0.25, 0.3) is 0 Å². The molecule has 0 aliphatic heterocycles. The molecule has 3 heteroatoms. The number of aromatic nitrogens is 2. The number of rotatable bonds is 4. The highest BCUT2D eigenvalue weighted by atomic mass is 16.1. The number of hydrogen-bond donors (Lipinski definition) is 0. The molecule has 16 heavy (non-hydrogen) atoms. The van der Waals surface area contributed by atoms with Crippen LogP contribution in [0, 0.1) is 5.92 Å². The van der Waals surface area contributed by atoms with Crippen molar-refractivity contribution in [1.82, 2.24) is 9.55 Å². The summed E-state index contributed by atoms with van der Waals surface area (Å²) in [6.07, 6.45) is 2.72. The van der Waals surface area contributed by atoms with Gasteiger partial charge in [0.15, 0.2) is 0 Å². The van der Waals surface area contributed by atoms with Crippen molar-refractivity contribution in [2.24, 2.45) is 13.0 Å². The molecule has 0 bridgehead atoms. The van der Waals surface area contributed by atoms with Gasteiger partial charge in [0, 0.05) is 19.4 Å². The Labute approximate surface area is 95.1 Å². The average molecular weight is 216 g/mol. The smallest absolute Gasteiger partial charge is 0.122 e. The number of imidazole rings is 1. The van der Waals surface area contributed by atoms with E-state index in [2.05, 4.69) is 15.6 Å². The van der Waals surface area contributed by atoms with Crippen molar-refractivity contribution in [2.75, 3.05) is 0 Å². The molecule has 1 atom stereocenters. The molecule has 1 heterocycles. The fourth-order valence-electron chi connectivity index (χ4n) is 1.84. The second-order valence-corrected chi connectivity index (χ2v) is 4.23. The van der Waals surface area contributed by atoms with Gasteiger partial charge in [-0.05, 0) is 18.6 Å². The number of para-hydroxylation sites is 2. The minimum atomic E-state index is 0.111. The van der Waals surface area contributed by atoms with Crippen LogP contribution in [0.5, 0.6) is 0 Å². The van der Waals surface area contributed by atoms with Crippen LogP contribution in [-0.4, -0.2) is 15.8 Å². The number of hydrogen-bond acceptors (Lipinski definition) is 2. The molecule has 2 aromatic rings. The van der Waals surface area contributed by atoms with E-state index in [4.69, 9.17) is 0 Å². The first-order chi connectivity index (χ1) is 7.72. The maximum absolute atomic E-state index is 10.6. The summed E-state index contributed by atoms with van der Waals surface area (Å²) in [5.41, 5.74) is 2.18. The summed E-state index contributed by atoms with van der Waals surface area (Å²) < 4.78 is 2.10. The van der Waals surface area contributed by atoms with E-state index in [1.807, 2.05) is 32.2 Å². The fourth-order valence-corrected chi connectivity index (χ4v) is 1.84. The van der Waals surface area contributed by atoms with Gasteiger partial charge < -0.3 is 9.36 Å². The van der Waals surface area contributed by atoms with E-state index in [-0.39, 0.29) is 5.92 Å². The largest absolute Gasteiger partial charge is 0.331 e. The maximum Gasteiger partial charge on any atom is 0.122 e. The lowest BCUT2D eigenvalue weighted by Gasteiger charge is -2.03. The van der Waals surface area contributed by atoms with E-state index in [1.165, 1.54) is 0 Å². The van der Waals surface area contributed by atoms with Crippen LogP contribution in [0.3, 0.4) is 0 Å². The average Bonchev–Trinajstić information content (AvgIpc) is 2.64. The van der Waals surface area contributed by atoms with Crippen molar-refractivity contribution in [2.45, 2.75) is 19.8 Å². The predicted octanol–water partition coefficient (Wildman–Crippen LogP) is 2.34. The van der Waals surface area contributed by atoms with Gasteiger partial charge in [0.05, 0.1) is 11.0 Å². The maximum atomic E-state index is 10.6. The third-order valence-corrected chi connectivity index (χ3v) is 2.94. The van der Waals surface area contributed by atoms with Gasteiger partial charge in [0.2, 0.25) is 0 Å². The van der Waals surface area contributed by atoms with E-state index >= 15 is 0 Å². The molecule has 0 saturated heterocycles. The van der Waals surface area contributed by atoms with Crippen molar-refractivity contribution in [3.05, 3.63) is 30.1 Å². The summed E-state index contributed by atoms with van der Waals surface area (Å²) in [6, 6.07) is 8.09. The Bertz CT molecular complexity index is 502. The van der Waals surface area contributed by atoms with E-state index in [9.17, 15) is 4.79 Å². The molecule has 1 aromatic heterocycles. The van der Waals surface area contributed by atoms with E-state index < -0.39 is 0 Å². The highest BCUT2D eigenvalue weighted by Crippen LogP contribution is 2.16. The topological polar surface area (TPSA) is 34.9 Å². The molecule has 2 rings (SSSR count). The molecule has 84 valence electrons. The van der Waals surface area contributed by atoms with Crippen molar-refractivity contribution >= 4 is 17.3 Å². The molecule has 0 radical (unpaired) electrons. The predicted molar refractivity (Wildman–Crippen MR) is 64.3 cm³/mol. The monoisotopic (exact) mass is 216 g/mol. The summed E-state index contributed by atoms with van der Waals surface area (Å²) in [6.45, 7) is 1.94. The van der Waals surface area contributed by atoms with Gasteiger partial charge in [-0.15, -0.1) is 0 Å². The molecule has 0 N–H and O–H groups in total. The fraction of sp³-hybridized carbons (Fsp3) is 0.385. The SMILES string of the molecule is CC(C=O)CCc1nc2ccccc2n1C. The molecule has 1 unspecified atom stereocenters. The molecule has 0 aliphatic carbocycles. The summed E-state index contributed by atoms with van der Waals surface area (Å²) in [5, 5.41) is 0. The molecule has 0 aliphatic rings. The lowest BCUT2D eigenvalue weighted by molar-refractivity contribution is -0.110. The number of aldehydes is 1. The van der Waals surface area contributed by atoms with Crippen molar-refractivity contribution in [1.29, 1.82) is 0 Å². The minimum Gasteiger partial charge on any atom is -0.331 e. The van der Waals surface area contributed by atoms with Gasteiger partial charge in [-0.3, -0.25) is 0 Å². The van der Waals surface area contributed by atoms with Crippen molar-refractivity contribution < 1.29 is 4.79 Å². The third-order valence-electron chi connectivity index (χ3n) is 2.94. The second-order valence-electron chi connectivity index (χ2n) is 4.23. The summed E-state index contributed by atoms with van der Waals surface area (Å²) in [5.74, 6) is 1.16.